The second kappa shape index (κ2) is 11.3. The number of hydrogen-bond acceptors (Lipinski definition) is 6. The fraction of sp³-hybridized carbons (Fsp3) is 0.258. The van der Waals surface area contributed by atoms with E-state index in [1.807, 2.05) is 26.0 Å². The molecule has 5 rings (SSSR count). The number of nitrogens with zero attached hydrogens (tertiary/aromatic N) is 1. The second-order valence-corrected chi connectivity index (χ2v) is 12.9. The Hall–Kier alpha value is -3.10. The zero-order valence-electron chi connectivity index (χ0n) is 22.5. The van der Waals surface area contributed by atoms with Gasteiger partial charge in [0.1, 0.15) is 18.1 Å². The first-order chi connectivity index (χ1) is 19.4. The van der Waals surface area contributed by atoms with Crippen molar-refractivity contribution in [2.75, 3.05) is 6.61 Å². The van der Waals surface area contributed by atoms with E-state index in [-0.39, 0.29) is 46.5 Å². The lowest BCUT2D eigenvalue weighted by molar-refractivity contribution is 0.0697. The molecule has 6 nitrogen and oxygen atoms in total. The van der Waals surface area contributed by atoms with E-state index in [4.69, 9.17) is 49.9 Å². The number of ether oxygens (including phenoxy) is 1. The highest BCUT2D eigenvalue weighted by Gasteiger charge is 2.54. The maximum atomic E-state index is 11.3. The van der Waals surface area contributed by atoms with Crippen molar-refractivity contribution in [1.82, 2.24) is 4.98 Å². The molecule has 3 N–H and O–H groups in total. The van der Waals surface area contributed by atoms with Crippen LogP contribution in [0.1, 0.15) is 59.6 Å². The minimum atomic E-state index is -0.960. The Balaban J connectivity index is 1.35. The Morgan fingerprint density at radius 3 is 2.44 bits per heavy atom. The van der Waals surface area contributed by atoms with Gasteiger partial charge >= 0.3 is 5.97 Å². The van der Waals surface area contributed by atoms with Gasteiger partial charge < -0.3 is 14.9 Å². The first-order valence-electron chi connectivity index (χ1n) is 12.9. The predicted octanol–water partition coefficient (Wildman–Crippen LogP) is 9.31. The van der Waals surface area contributed by atoms with Crippen LogP contribution in [0.3, 0.4) is 0 Å². The molecule has 212 valence electrons. The normalized spacial score (nSPS) is 18.9. The zero-order chi connectivity index (χ0) is 29.6. The Kier molecular flexibility index (Phi) is 8.09. The van der Waals surface area contributed by atoms with Gasteiger partial charge in [-0.1, -0.05) is 67.7 Å². The summed E-state index contributed by atoms with van der Waals surface area (Å²) >= 11 is 21.0. The Morgan fingerprint density at radius 2 is 1.80 bits per heavy atom. The summed E-state index contributed by atoms with van der Waals surface area (Å²) in [5.74, 6) is -0.526. The molecule has 2 unspecified atom stereocenters. The van der Waals surface area contributed by atoms with Crippen molar-refractivity contribution in [2.24, 2.45) is 5.92 Å². The van der Waals surface area contributed by atoms with Crippen LogP contribution in [-0.2, 0) is 5.41 Å². The summed E-state index contributed by atoms with van der Waals surface area (Å²) < 4.78 is 6.87. The van der Waals surface area contributed by atoms with Crippen LogP contribution >= 0.6 is 46.1 Å². The van der Waals surface area contributed by atoms with Gasteiger partial charge in [0.15, 0.2) is 0 Å². The van der Waals surface area contributed by atoms with Gasteiger partial charge in [-0.3, -0.25) is 5.41 Å². The standard InChI is InChI=1S/C31H27Cl3N2O4S/c1-15(2)28(37)18(27(35)26-21(32)5-4-6-22(26)33)14-40-17-8-9-19(23(34)12-17)31(3)13-20(31)29-36-24-10-7-16(30(38)39)11-25(24)41-29/h4-12,15,20,35,37H,13-14H2,1-3H3,(H,38,39)/b28-18-,35-27?. The van der Waals surface area contributed by atoms with Gasteiger partial charge in [-0.05, 0) is 54.4 Å². The lowest BCUT2D eigenvalue weighted by Gasteiger charge is -2.18. The second-order valence-electron chi connectivity index (χ2n) is 10.6. The molecule has 4 aromatic rings. The summed E-state index contributed by atoms with van der Waals surface area (Å²) in [6.45, 7) is 5.71. The Labute approximate surface area is 256 Å². The maximum Gasteiger partial charge on any atom is 0.335 e. The number of carboxylic acid groups (broad SMARTS) is 1. The topological polar surface area (TPSA) is 104 Å². The molecule has 0 bridgehead atoms. The van der Waals surface area contributed by atoms with Gasteiger partial charge in [0.2, 0.25) is 0 Å². The van der Waals surface area contributed by atoms with Crippen molar-refractivity contribution < 1.29 is 19.7 Å². The maximum absolute atomic E-state index is 11.3. The van der Waals surface area contributed by atoms with Gasteiger partial charge in [0.05, 0.1) is 42.1 Å². The largest absolute Gasteiger partial charge is 0.512 e. The molecule has 41 heavy (non-hydrogen) atoms. The van der Waals surface area contributed by atoms with Crippen LogP contribution in [0, 0.1) is 11.3 Å². The van der Waals surface area contributed by atoms with Crippen LogP contribution in [-0.4, -0.2) is 33.5 Å². The molecule has 0 aliphatic heterocycles. The van der Waals surface area contributed by atoms with E-state index in [1.54, 1.807) is 42.5 Å². The summed E-state index contributed by atoms with van der Waals surface area (Å²) in [5, 5.41) is 31.0. The lowest BCUT2D eigenvalue weighted by Crippen LogP contribution is -2.17. The van der Waals surface area contributed by atoms with Crippen LogP contribution < -0.4 is 4.74 Å². The van der Waals surface area contributed by atoms with E-state index in [0.29, 0.717) is 26.4 Å². The summed E-state index contributed by atoms with van der Waals surface area (Å²) in [6.07, 6.45) is 0.865. The smallest absolute Gasteiger partial charge is 0.335 e. The van der Waals surface area contributed by atoms with Crippen molar-refractivity contribution in [3.8, 4) is 5.75 Å². The number of benzene rings is 3. The molecule has 1 heterocycles. The molecule has 0 amide bonds. The third-order valence-corrected chi connectivity index (χ3v) is 9.57. The highest BCUT2D eigenvalue weighted by Crippen LogP contribution is 2.62. The van der Waals surface area contributed by atoms with Crippen LogP contribution in [0.5, 0.6) is 5.75 Å². The van der Waals surface area contributed by atoms with Crippen molar-refractivity contribution in [1.29, 1.82) is 5.41 Å². The molecule has 0 spiro atoms. The van der Waals surface area contributed by atoms with Crippen LogP contribution in [0.2, 0.25) is 15.1 Å². The molecule has 1 aliphatic carbocycles. The minimum Gasteiger partial charge on any atom is -0.512 e. The van der Waals surface area contributed by atoms with Gasteiger partial charge in [0.25, 0.3) is 0 Å². The number of carboxylic acids is 1. The van der Waals surface area contributed by atoms with Gasteiger partial charge in [-0.25, -0.2) is 9.78 Å². The fourth-order valence-electron chi connectivity index (χ4n) is 4.96. The number of thiazole rings is 1. The van der Waals surface area contributed by atoms with E-state index < -0.39 is 5.97 Å². The Bertz CT molecular complexity index is 1710. The number of nitrogens with one attached hydrogen (secondary N) is 1. The number of rotatable bonds is 9. The summed E-state index contributed by atoms with van der Waals surface area (Å²) in [7, 11) is 0. The van der Waals surface area contributed by atoms with E-state index >= 15 is 0 Å². The molecule has 2 atom stereocenters. The molecule has 0 radical (unpaired) electrons. The van der Waals surface area contributed by atoms with Gasteiger partial charge in [-0.2, -0.15) is 0 Å². The molecule has 1 fully saturated rings. The third kappa shape index (κ3) is 5.69. The number of hydrogen-bond donors (Lipinski definition) is 3. The number of allylic oxidation sites excluding steroid dienone is 1. The van der Waals surface area contributed by atoms with E-state index in [1.165, 1.54) is 11.3 Å². The van der Waals surface area contributed by atoms with Crippen LogP contribution in [0.4, 0.5) is 0 Å². The molecular weight excluding hydrogens is 603 g/mol. The van der Waals surface area contributed by atoms with Crippen molar-refractivity contribution >= 4 is 68.0 Å². The van der Waals surface area contributed by atoms with E-state index in [9.17, 15) is 15.0 Å². The third-order valence-electron chi connectivity index (χ3n) is 7.50. The predicted molar refractivity (Wildman–Crippen MR) is 166 cm³/mol. The van der Waals surface area contributed by atoms with Gasteiger partial charge in [0, 0.05) is 27.8 Å². The first kappa shape index (κ1) is 29.4. The molecule has 0 saturated heterocycles. The number of aliphatic hydroxyl groups excluding tert-OH is 1. The van der Waals surface area contributed by atoms with Gasteiger partial charge in [-0.15, -0.1) is 11.3 Å². The summed E-state index contributed by atoms with van der Waals surface area (Å²) in [6, 6.07) is 15.5. The van der Waals surface area contributed by atoms with Crippen molar-refractivity contribution in [2.45, 2.75) is 38.5 Å². The van der Waals surface area contributed by atoms with Crippen molar-refractivity contribution in [3.63, 3.8) is 0 Å². The average Bonchev–Trinajstić information content (AvgIpc) is 3.42. The highest BCUT2D eigenvalue weighted by atomic mass is 35.5. The number of halogens is 3. The Morgan fingerprint density at radius 1 is 1.10 bits per heavy atom. The van der Waals surface area contributed by atoms with E-state index in [0.717, 1.165) is 27.2 Å². The number of fused-ring (bicyclic) bond motifs is 1. The number of aromatic nitrogens is 1. The SMILES string of the molecule is CC(C)/C(O)=C(\COc1ccc(C2(C)CC2c2nc3ccc(C(=O)O)cc3s2)c(Cl)c1)C(=N)c1c(Cl)cccc1Cl. The highest BCUT2D eigenvalue weighted by molar-refractivity contribution is 7.18. The van der Waals surface area contributed by atoms with E-state index in [2.05, 4.69) is 6.92 Å². The quantitative estimate of drug-likeness (QED) is 0.126. The number of aromatic carboxylic acids is 1. The molecule has 1 aromatic heterocycles. The molecule has 3 aromatic carbocycles. The summed E-state index contributed by atoms with van der Waals surface area (Å²) in [4.78, 5) is 16.1. The first-order valence-corrected chi connectivity index (χ1v) is 14.9. The van der Waals surface area contributed by atoms with Crippen LogP contribution in [0.15, 0.2) is 65.9 Å². The molecule has 10 heteroatoms. The average molecular weight is 630 g/mol. The number of carbonyl (C=O) groups is 1. The fourth-order valence-corrected chi connectivity index (χ4v) is 7.19. The van der Waals surface area contributed by atoms with Crippen LogP contribution in [0.25, 0.3) is 10.2 Å². The molecular formula is C31H27Cl3N2O4S. The van der Waals surface area contributed by atoms with Crippen molar-refractivity contribution in [3.05, 3.63) is 103 Å². The summed E-state index contributed by atoms with van der Waals surface area (Å²) in [5.41, 5.74) is 2.39. The molecule has 1 saturated carbocycles. The lowest BCUT2D eigenvalue weighted by atomic mass is 9.95. The minimum absolute atomic E-state index is 0.00541. The zero-order valence-corrected chi connectivity index (χ0v) is 25.5. The monoisotopic (exact) mass is 628 g/mol. The number of aliphatic hydroxyl groups is 1. The molecule has 1 aliphatic rings.